The molecule has 1 aliphatic heterocycles. The highest BCUT2D eigenvalue weighted by Crippen LogP contribution is 2.35. The molecule has 1 aliphatic rings. The van der Waals surface area contributed by atoms with Gasteiger partial charge in [-0.05, 0) is 20.3 Å². The van der Waals surface area contributed by atoms with Crippen molar-refractivity contribution in [2.24, 2.45) is 0 Å². The molecule has 2 atom stereocenters. The summed E-state index contributed by atoms with van der Waals surface area (Å²) in [7, 11) is 1.41. The Morgan fingerprint density at radius 1 is 1.48 bits per heavy atom. The van der Waals surface area contributed by atoms with Crippen LogP contribution in [0.15, 0.2) is 12.1 Å². The first-order chi connectivity index (χ1) is 11.0. The maximum absolute atomic E-state index is 12.4. The number of rotatable bonds is 6. The van der Waals surface area contributed by atoms with Crippen LogP contribution in [-0.2, 0) is 4.74 Å². The van der Waals surface area contributed by atoms with Crippen LogP contribution in [0.5, 0.6) is 11.5 Å². The summed E-state index contributed by atoms with van der Waals surface area (Å²) in [6, 6.07) is 2.38. The van der Waals surface area contributed by atoms with E-state index in [0.29, 0.717) is 19.6 Å². The molecule has 0 saturated carbocycles. The van der Waals surface area contributed by atoms with E-state index in [1.54, 1.807) is 6.92 Å². The molecule has 1 N–H and O–H groups in total. The largest absolute Gasteiger partial charge is 0.493 e. The van der Waals surface area contributed by atoms with E-state index in [0.717, 1.165) is 0 Å². The molecule has 1 saturated heterocycles. The van der Waals surface area contributed by atoms with Gasteiger partial charge in [0.05, 0.1) is 36.9 Å². The molecule has 1 amide bonds. The van der Waals surface area contributed by atoms with Crippen LogP contribution in [-0.4, -0.2) is 43.3 Å². The molecule has 0 spiro atoms. The van der Waals surface area contributed by atoms with Gasteiger partial charge in [-0.15, -0.1) is 0 Å². The first-order valence-corrected chi connectivity index (χ1v) is 7.39. The van der Waals surface area contributed by atoms with Crippen molar-refractivity contribution in [2.75, 3.05) is 20.3 Å². The molecule has 0 aliphatic carbocycles. The fourth-order valence-electron chi connectivity index (χ4n) is 2.48. The highest BCUT2D eigenvalue weighted by atomic mass is 16.6. The normalized spacial score (nSPS) is 20.1. The van der Waals surface area contributed by atoms with E-state index in [4.69, 9.17) is 14.2 Å². The molecule has 2 rings (SSSR count). The number of carbonyl (C=O) groups excluding carboxylic acids is 1. The average Bonchev–Trinajstić information content (AvgIpc) is 2.92. The third-order valence-corrected chi connectivity index (χ3v) is 3.72. The number of hydrogen-bond acceptors (Lipinski definition) is 6. The third kappa shape index (κ3) is 3.70. The van der Waals surface area contributed by atoms with E-state index >= 15 is 0 Å². The summed E-state index contributed by atoms with van der Waals surface area (Å²) in [5, 5.41) is 14.1. The molecule has 1 aromatic rings. The molecule has 1 aromatic carbocycles. The minimum Gasteiger partial charge on any atom is -0.493 e. The molecule has 1 fully saturated rings. The van der Waals surface area contributed by atoms with Gasteiger partial charge in [-0.3, -0.25) is 14.9 Å². The molecule has 1 heterocycles. The summed E-state index contributed by atoms with van der Waals surface area (Å²) >= 11 is 0. The highest BCUT2D eigenvalue weighted by Gasteiger charge is 2.30. The molecule has 8 heteroatoms. The second kappa shape index (κ2) is 7.28. The third-order valence-electron chi connectivity index (χ3n) is 3.72. The number of benzene rings is 1. The van der Waals surface area contributed by atoms with Gasteiger partial charge < -0.3 is 19.5 Å². The maximum Gasteiger partial charge on any atom is 0.286 e. The summed E-state index contributed by atoms with van der Waals surface area (Å²) in [5.74, 6) is -0.0189. The SMILES string of the molecule is CCOc1cc([N+](=O)[O-])c(C(=O)N[C@@H]2CCO[C@H]2C)cc1OC. The second-order valence-electron chi connectivity index (χ2n) is 5.15. The molecule has 8 nitrogen and oxygen atoms in total. The van der Waals surface area contributed by atoms with Gasteiger partial charge in [-0.1, -0.05) is 0 Å². The van der Waals surface area contributed by atoms with E-state index < -0.39 is 10.8 Å². The monoisotopic (exact) mass is 324 g/mol. The van der Waals surface area contributed by atoms with Crippen molar-refractivity contribution in [3.8, 4) is 11.5 Å². The van der Waals surface area contributed by atoms with E-state index in [9.17, 15) is 14.9 Å². The zero-order valence-corrected chi connectivity index (χ0v) is 13.3. The van der Waals surface area contributed by atoms with Gasteiger partial charge in [0.1, 0.15) is 5.56 Å². The van der Waals surface area contributed by atoms with Crippen molar-refractivity contribution in [3.63, 3.8) is 0 Å². The minimum atomic E-state index is -0.606. The van der Waals surface area contributed by atoms with Crippen molar-refractivity contribution >= 4 is 11.6 Å². The van der Waals surface area contributed by atoms with Crippen molar-refractivity contribution in [1.29, 1.82) is 0 Å². The maximum atomic E-state index is 12.4. The Morgan fingerprint density at radius 3 is 2.74 bits per heavy atom. The van der Waals surface area contributed by atoms with Gasteiger partial charge in [0.25, 0.3) is 11.6 Å². The topological polar surface area (TPSA) is 99.9 Å². The summed E-state index contributed by atoms with van der Waals surface area (Å²) in [6.07, 6.45) is 0.553. The van der Waals surface area contributed by atoms with Gasteiger partial charge >= 0.3 is 0 Å². The predicted molar refractivity (Wildman–Crippen MR) is 82.1 cm³/mol. The van der Waals surface area contributed by atoms with Gasteiger partial charge in [-0.2, -0.15) is 0 Å². The summed E-state index contributed by atoms with van der Waals surface area (Å²) in [5.41, 5.74) is -0.382. The lowest BCUT2D eigenvalue weighted by atomic mass is 10.1. The number of nitrogens with one attached hydrogen (secondary N) is 1. The van der Waals surface area contributed by atoms with Gasteiger partial charge in [0, 0.05) is 12.7 Å². The van der Waals surface area contributed by atoms with Crippen LogP contribution in [0.3, 0.4) is 0 Å². The summed E-state index contributed by atoms with van der Waals surface area (Å²) < 4.78 is 15.9. The number of carbonyl (C=O) groups is 1. The molecular weight excluding hydrogens is 304 g/mol. The van der Waals surface area contributed by atoms with Crippen molar-refractivity contribution < 1.29 is 23.9 Å². The van der Waals surface area contributed by atoms with Crippen molar-refractivity contribution in [1.82, 2.24) is 5.32 Å². The Labute approximate surface area is 133 Å². The fourth-order valence-corrected chi connectivity index (χ4v) is 2.48. The van der Waals surface area contributed by atoms with Crippen LogP contribution < -0.4 is 14.8 Å². The quantitative estimate of drug-likeness (QED) is 0.634. The number of hydrogen-bond donors (Lipinski definition) is 1. The van der Waals surface area contributed by atoms with E-state index in [1.807, 2.05) is 6.92 Å². The predicted octanol–water partition coefficient (Wildman–Crippen LogP) is 1.91. The van der Waals surface area contributed by atoms with Crippen LogP contribution in [0.4, 0.5) is 5.69 Å². The first-order valence-electron chi connectivity index (χ1n) is 7.39. The Balaban J connectivity index is 2.35. The van der Waals surface area contributed by atoms with Crippen LogP contribution >= 0.6 is 0 Å². The molecule has 0 radical (unpaired) electrons. The molecular formula is C15H20N2O6. The van der Waals surface area contributed by atoms with E-state index in [-0.39, 0.29) is 34.9 Å². The minimum absolute atomic E-state index is 0.0607. The Morgan fingerprint density at radius 2 is 2.22 bits per heavy atom. The lowest BCUT2D eigenvalue weighted by molar-refractivity contribution is -0.385. The number of nitro benzene ring substituents is 1. The Hall–Kier alpha value is -2.35. The lowest BCUT2D eigenvalue weighted by Gasteiger charge is -2.17. The summed E-state index contributed by atoms with van der Waals surface area (Å²) in [4.78, 5) is 23.1. The molecule has 0 aromatic heterocycles. The van der Waals surface area contributed by atoms with Crippen LogP contribution in [0.2, 0.25) is 0 Å². The van der Waals surface area contributed by atoms with Gasteiger partial charge in [0.2, 0.25) is 0 Å². The fraction of sp³-hybridized carbons (Fsp3) is 0.533. The zero-order valence-electron chi connectivity index (χ0n) is 13.3. The number of amides is 1. The molecule has 0 bridgehead atoms. The van der Waals surface area contributed by atoms with E-state index in [2.05, 4.69) is 5.32 Å². The first kappa shape index (κ1) is 17.0. The second-order valence-corrected chi connectivity index (χ2v) is 5.15. The van der Waals surface area contributed by atoms with Crippen LogP contribution in [0.25, 0.3) is 0 Å². The number of nitrogens with zero attached hydrogens (tertiary/aromatic N) is 1. The highest BCUT2D eigenvalue weighted by molar-refractivity contribution is 5.99. The molecule has 126 valence electrons. The van der Waals surface area contributed by atoms with Crippen molar-refractivity contribution in [2.45, 2.75) is 32.4 Å². The van der Waals surface area contributed by atoms with Gasteiger partial charge in [0.15, 0.2) is 11.5 Å². The molecule has 23 heavy (non-hydrogen) atoms. The van der Waals surface area contributed by atoms with E-state index in [1.165, 1.54) is 19.2 Å². The molecule has 0 unspecified atom stereocenters. The lowest BCUT2D eigenvalue weighted by Crippen LogP contribution is -2.39. The van der Waals surface area contributed by atoms with Crippen LogP contribution in [0, 0.1) is 10.1 Å². The Kier molecular flexibility index (Phi) is 5.38. The van der Waals surface area contributed by atoms with Crippen LogP contribution in [0.1, 0.15) is 30.6 Å². The number of methoxy groups -OCH3 is 1. The zero-order chi connectivity index (χ0) is 17.0. The van der Waals surface area contributed by atoms with Gasteiger partial charge in [-0.25, -0.2) is 0 Å². The summed E-state index contributed by atoms with van der Waals surface area (Å²) in [6.45, 7) is 4.50. The van der Waals surface area contributed by atoms with Crippen molar-refractivity contribution in [3.05, 3.63) is 27.8 Å². The smallest absolute Gasteiger partial charge is 0.286 e. The number of nitro groups is 1. The number of ether oxygens (including phenoxy) is 3. The average molecular weight is 324 g/mol. The standard InChI is InChI=1S/C15H20N2O6/c1-4-22-14-8-12(17(19)20)10(7-13(14)21-3)15(18)16-11-5-6-23-9(11)2/h7-9,11H,4-6H2,1-3H3,(H,16,18)/t9-,11+/m0/s1. The Bertz CT molecular complexity index is 604.